The molecule has 3 rings (SSSR count). The van der Waals surface area contributed by atoms with Gasteiger partial charge in [0.2, 0.25) is 0 Å². The fraction of sp³-hybridized carbons (Fsp3) is 0.455. The zero-order chi connectivity index (χ0) is 18.4. The molecule has 0 spiro atoms. The second kappa shape index (κ2) is 8.95. The molecule has 1 aliphatic rings. The summed E-state index contributed by atoms with van der Waals surface area (Å²) in [5, 5.41) is 10.6. The normalized spacial score (nSPS) is 18.3. The van der Waals surface area contributed by atoms with Gasteiger partial charge >= 0.3 is 0 Å². The van der Waals surface area contributed by atoms with Crippen molar-refractivity contribution >= 4 is 0 Å². The minimum absolute atomic E-state index is 0.270. The van der Waals surface area contributed by atoms with Gasteiger partial charge in [0.25, 0.3) is 0 Å². The summed E-state index contributed by atoms with van der Waals surface area (Å²) in [5.41, 5.74) is 2.24. The van der Waals surface area contributed by atoms with Crippen molar-refractivity contribution in [3.63, 3.8) is 0 Å². The van der Waals surface area contributed by atoms with Crippen LogP contribution in [0.1, 0.15) is 49.8 Å². The Morgan fingerprint density at radius 1 is 1.08 bits per heavy atom. The Morgan fingerprint density at radius 3 is 2.62 bits per heavy atom. The predicted octanol–water partition coefficient (Wildman–Crippen LogP) is 4.92. The molecule has 1 N–H and O–H groups in total. The lowest BCUT2D eigenvalue weighted by molar-refractivity contribution is 0.189. The van der Waals surface area contributed by atoms with Gasteiger partial charge < -0.3 is 14.6 Å². The van der Waals surface area contributed by atoms with Crippen molar-refractivity contribution in [2.75, 3.05) is 20.3 Å². The maximum Gasteiger partial charge on any atom is 0.162 e. The van der Waals surface area contributed by atoms with E-state index in [1.165, 1.54) is 24.8 Å². The standard InChI is InChI=1S/C22H29NO3/c1-3-26-21-10-7-8-18(22(21)24)16-23-15-6-4-5-9-20(23)17-11-13-19(25-2)14-12-17/h7-8,10-14,20,24H,3-6,9,15-16H2,1-2H3/t20-/m0/s1. The van der Waals surface area contributed by atoms with E-state index in [-0.39, 0.29) is 5.75 Å². The molecule has 0 amide bonds. The summed E-state index contributed by atoms with van der Waals surface area (Å²) in [6.45, 7) is 4.24. The summed E-state index contributed by atoms with van der Waals surface area (Å²) in [6.07, 6.45) is 4.82. The Kier molecular flexibility index (Phi) is 6.40. The van der Waals surface area contributed by atoms with Gasteiger partial charge in [0.1, 0.15) is 5.75 Å². The van der Waals surface area contributed by atoms with Gasteiger partial charge in [-0.3, -0.25) is 4.90 Å². The number of nitrogens with zero attached hydrogens (tertiary/aromatic N) is 1. The molecule has 1 heterocycles. The number of likely N-dealkylation sites (tertiary alicyclic amines) is 1. The summed E-state index contributed by atoms with van der Waals surface area (Å²) in [6, 6.07) is 14.5. The van der Waals surface area contributed by atoms with Gasteiger partial charge in [0.05, 0.1) is 13.7 Å². The zero-order valence-electron chi connectivity index (χ0n) is 15.8. The topological polar surface area (TPSA) is 41.9 Å². The van der Waals surface area contributed by atoms with Crippen molar-refractivity contribution in [1.29, 1.82) is 0 Å². The molecule has 1 saturated heterocycles. The van der Waals surface area contributed by atoms with Crippen molar-refractivity contribution in [3.05, 3.63) is 53.6 Å². The van der Waals surface area contributed by atoms with E-state index in [4.69, 9.17) is 9.47 Å². The molecule has 140 valence electrons. The van der Waals surface area contributed by atoms with Crippen LogP contribution in [0.3, 0.4) is 0 Å². The fourth-order valence-corrected chi connectivity index (χ4v) is 3.75. The lowest BCUT2D eigenvalue weighted by Gasteiger charge is -2.31. The summed E-state index contributed by atoms with van der Waals surface area (Å²) >= 11 is 0. The molecule has 0 bridgehead atoms. The molecule has 4 heteroatoms. The number of aromatic hydroxyl groups is 1. The van der Waals surface area contributed by atoms with Crippen molar-refractivity contribution in [2.24, 2.45) is 0 Å². The molecular formula is C22H29NO3. The maximum atomic E-state index is 10.6. The summed E-state index contributed by atoms with van der Waals surface area (Å²) < 4.78 is 10.8. The van der Waals surface area contributed by atoms with E-state index in [0.29, 0.717) is 18.4 Å². The Balaban J connectivity index is 1.84. The molecule has 2 aromatic rings. The van der Waals surface area contributed by atoms with Crippen LogP contribution in [0.5, 0.6) is 17.2 Å². The highest BCUT2D eigenvalue weighted by atomic mass is 16.5. The Labute approximate surface area is 156 Å². The van der Waals surface area contributed by atoms with Gasteiger partial charge in [-0.15, -0.1) is 0 Å². The van der Waals surface area contributed by atoms with Crippen molar-refractivity contribution in [1.82, 2.24) is 4.90 Å². The van der Waals surface area contributed by atoms with Crippen molar-refractivity contribution in [3.8, 4) is 17.2 Å². The SMILES string of the molecule is CCOc1cccc(CN2CCCCC[C@H]2c2ccc(OC)cc2)c1O. The van der Waals surface area contributed by atoms with Crippen LogP contribution >= 0.6 is 0 Å². The van der Waals surface area contributed by atoms with Crippen LogP contribution in [-0.4, -0.2) is 30.3 Å². The van der Waals surface area contributed by atoms with Crippen LogP contribution in [0.4, 0.5) is 0 Å². The molecule has 4 nitrogen and oxygen atoms in total. The average Bonchev–Trinajstić information content (AvgIpc) is 2.91. The highest BCUT2D eigenvalue weighted by Gasteiger charge is 2.24. The summed E-state index contributed by atoms with van der Waals surface area (Å²) in [5.74, 6) is 1.73. The fourth-order valence-electron chi connectivity index (χ4n) is 3.75. The van der Waals surface area contributed by atoms with Crippen LogP contribution in [0, 0.1) is 0 Å². The first-order chi connectivity index (χ1) is 12.7. The second-order valence-electron chi connectivity index (χ2n) is 6.81. The molecule has 1 atom stereocenters. The number of phenolic OH excluding ortho intramolecular Hbond substituents is 1. The quantitative estimate of drug-likeness (QED) is 0.799. The summed E-state index contributed by atoms with van der Waals surface area (Å²) in [4.78, 5) is 2.49. The van der Waals surface area contributed by atoms with Gasteiger partial charge in [-0.05, 0) is 50.1 Å². The number of hydrogen-bond donors (Lipinski definition) is 1. The molecule has 1 aliphatic heterocycles. The number of hydrogen-bond acceptors (Lipinski definition) is 4. The van der Waals surface area contributed by atoms with Crippen molar-refractivity contribution < 1.29 is 14.6 Å². The first-order valence-electron chi connectivity index (χ1n) is 9.54. The van der Waals surface area contributed by atoms with Crippen LogP contribution in [0.2, 0.25) is 0 Å². The lowest BCUT2D eigenvalue weighted by Crippen LogP contribution is -2.28. The maximum absolute atomic E-state index is 10.6. The highest BCUT2D eigenvalue weighted by molar-refractivity contribution is 5.45. The van der Waals surface area contributed by atoms with Gasteiger partial charge in [-0.2, -0.15) is 0 Å². The van der Waals surface area contributed by atoms with Gasteiger partial charge in [0, 0.05) is 18.2 Å². The molecule has 0 radical (unpaired) electrons. The number of methoxy groups -OCH3 is 1. The second-order valence-corrected chi connectivity index (χ2v) is 6.81. The van der Waals surface area contributed by atoms with E-state index in [0.717, 1.165) is 30.8 Å². The molecule has 0 aliphatic carbocycles. The average molecular weight is 355 g/mol. The van der Waals surface area contributed by atoms with E-state index in [2.05, 4.69) is 17.0 Å². The summed E-state index contributed by atoms with van der Waals surface area (Å²) in [7, 11) is 1.70. The molecular weight excluding hydrogens is 326 g/mol. The number of para-hydroxylation sites is 1. The molecule has 2 aromatic carbocycles. The van der Waals surface area contributed by atoms with E-state index in [9.17, 15) is 5.11 Å². The van der Waals surface area contributed by atoms with Crippen LogP contribution in [-0.2, 0) is 6.54 Å². The third-order valence-electron chi connectivity index (χ3n) is 5.12. The highest BCUT2D eigenvalue weighted by Crippen LogP contribution is 2.36. The molecule has 26 heavy (non-hydrogen) atoms. The van der Waals surface area contributed by atoms with E-state index in [1.807, 2.05) is 37.3 Å². The predicted molar refractivity (Wildman–Crippen MR) is 104 cm³/mol. The molecule has 0 unspecified atom stereocenters. The third kappa shape index (κ3) is 4.31. The van der Waals surface area contributed by atoms with E-state index >= 15 is 0 Å². The van der Waals surface area contributed by atoms with Gasteiger partial charge in [0.15, 0.2) is 11.5 Å². The number of benzene rings is 2. The third-order valence-corrected chi connectivity index (χ3v) is 5.12. The van der Waals surface area contributed by atoms with E-state index in [1.54, 1.807) is 7.11 Å². The molecule has 0 aromatic heterocycles. The Hall–Kier alpha value is -2.20. The smallest absolute Gasteiger partial charge is 0.162 e. The first kappa shape index (κ1) is 18.6. The van der Waals surface area contributed by atoms with Gasteiger partial charge in [-0.1, -0.05) is 37.1 Å². The van der Waals surface area contributed by atoms with Crippen LogP contribution < -0.4 is 9.47 Å². The Bertz CT molecular complexity index is 699. The first-order valence-corrected chi connectivity index (χ1v) is 9.54. The lowest BCUT2D eigenvalue weighted by atomic mass is 10.00. The van der Waals surface area contributed by atoms with Crippen LogP contribution in [0.25, 0.3) is 0 Å². The Morgan fingerprint density at radius 2 is 1.88 bits per heavy atom. The van der Waals surface area contributed by atoms with Gasteiger partial charge in [-0.25, -0.2) is 0 Å². The number of rotatable bonds is 6. The zero-order valence-corrected chi connectivity index (χ0v) is 15.8. The van der Waals surface area contributed by atoms with E-state index < -0.39 is 0 Å². The molecule has 1 fully saturated rings. The van der Waals surface area contributed by atoms with Crippen molar-refractivity contribution in [2.45, 2.75) is 45.2 Å². The largest absolute Gasteiger partial charge is 0.504 e. The minimum Gasteiger partial charge on any atom is -0.504 e. The van der Waals surface area contributed by atoms with Crippen LogP contribution in [0.15, 0.2) is 42.5 Å². The number of phenols is 1. The monoisotopic (exact) mass is 355 g/mol. The minimum atomic E-state index is 0.270. The number of ether oxygens (including phenoxy) is 2. The molecule has 0 saturated carbocycles.